The van der Waals surface area contributed by atoms with Gasteiger partial charge < -0.3 is 15.7 Å². The van der Waals surface area contributed by atoms with Crippen molar-refractivity contribution in [3.8, 4) is 5.75 Å². The number of amides is 2. The summed E-state index contributed by atoms with van der Waals surface area (Å²) < 4.78 is 1.74. The number of nitrogens with zero attached hydrogens (tertiary/aromatic N) is 4. The molecule has 1 aromatic carbocycles. The fourth-order valence-corrected chi connectivity index (χ4v) is 4.03. The zero-order chi connectivity index (χ0) is 22.1. The van der Waals surface area contributed by atoms with Crippen LogP contribution in [0.15, 0.2) is 35.8 Å². The average molecular weight is 477 g/mol. The summed E-state index contributed by atoms with van der Waals surface area (Å²) in [7, 11) is 1.83. The number of fused-ring (bicyclic) bond motifs is 1. The van der Waals surface area contributed by atoms with Gasteiger partial charge in [-0.1, -0.05) is 41.4 Å². The van der Waals surface area contributed by atoms with Crippen LogP contribution in [0.1, 0.15) is 26.7 Å². The van der Waals surface area contributed by atoms with Crippen LogP contribution in [0.25, 0.3) is 10.9 Å². The Morgan fingerprint density at radius 3 is 2.77 bits per heavy atom. The number of carbonyl (C=O) groups excluding carboxylic acids is 2. The van der Waals surface area contributed by atoms with Crippen LogP contribution in [-0.4, -0.2) is 36.7 Å². The lowest BCUT2D eigenvalue weighted by molar-refractivity contribution is 0.0947. The number of rotatable bonds is 5. The smallest absolute Gasteiger partial charge is 0.275 e. The molecule has 2 amide bonds. The number of aromatic hydroxyl groups is 1. The van der Waals surface area contributed by atoms with Crippen LogP contribution in [-0.2, 0) is 13.6 Å². The minimum Gasteiger partial charge on any atom is -0.504 e. The first-order valence-electron chi connectivity index (χ1n) is 8.83. The van der Waals surface area contributed by atoms with Gasteiger partial charge in [0.25, 0.3) is 11.8 Å². The normalized spacial score (nSPS) is 10.9. The number of carbonyl (C=O) groups is 2. The topological polar surface area (TPSA) is 122 Å². The van der Waals surface area contributed by atoms with Crippen molar-refractivity contribution in [1.29, 1.82) is 0 Å². The molecular formula is C19H14Cl2N6O3S. The summed E-state index contributed by atoms with van der Waals surface area (Å²) in [5.41, 5.74) is 3.03. The predicted molar refractivity (Wildman–Crippen MR) is 118 cm³/mol. The summed E-state index contributed by atoms with van der Waals surface area (Å²) in [6, 6.07) is 8.86. The number of benzene rings is 1. The summed E-state index contributed by atoms with van der Waals surface area (Å²) in [6.07, 6.45) is 0. The molecule has 0 spiro atoms. The van der Waals surface area contributed by atoms with Crippen molar-refractivity contribution < 1.29 is 14.7 Å². The summed E-state index contributed by atoms with van der Waals surface area (Å²) in [4.78, 5) is 33.0. The zero-order valence-corrected chi connectivity index (χ0v) is 18.2. The molecule has 0 fully saturated rings. The second kappa shape index (κ2) is 8.50. The second-order valence-electron chi connectivity index (χ2n) is 6.38. The molecule has 0 aliphatic carbocycles. The Balaban J connectivity index is 1.49. The van der Waals surface area contributed by atoms with E-state index in [0.717, 1.165) is 22.2 Å². The fraction of sp³-hybridized carbons (Fsp3) is 0.105. The highest BCUT2D eigenvalue weighted by molar-refractivity contribution is 7.14. The highest BCUT2D eigenvalue weighted by atomic mass is 35.5. The van der Waals surface area contributed by atoms with Crippen LogP contribution >= 0.6 is 34.5 Å². The number of hydrogen-bond acceptors (Lipinski definition) is 7. The van der Waals surface area contributed by atoms with Crippen LogP contribution in [0.2, 0.25) is 10.2 Å². The molecule has 0 bridgehead atoms. The largest absolute Gasteiger partial charge is 0.504 e. The Morgan fingerprint density at radius 2 is 2.00 bits per heavy atom. The number of thiazole rings is 1. The highest BCUT2D eigenvalue weighted by Crippen LogP contribution is 2.31. The van der Waals surface area contributed by atoms with E-state index >= 15 is 0 Å². The molecule has 0 saturated carbocycles. The van der Waals surface area contributed by atoms with Crippen LogP contribution in [0, 0.1) is 0 Å². The minimum absolute atomic E-state index is 0.0505. The van der Waals surface area contributed by atoms with Crippen LogP contribution in [0.4, 0.5) is 5.00 Å². The van der Waals surface area contributed by atoms with Gasteiger partial charge in [0.05, 0.1) is 28.3 Å². The zero-order valence-electron chi connectivity index (χ0n) is 15.9. The summed E-state index contributed by atoms with van der Waals surface area (Å²) >= 11 is 12.7. The first-order valence-corrected chi connectivity index (χ1v) is 10.5. The predicted octanol–water partition coefficient (Wildman–Crippen LogP) is 3.62. The average Bonchev–Trinajstić information content (AvgIpc) is 3.34. The molecule has 3 aromatic heterocycles. The maximum atomic E-state index is 12.7. The van der Waals surface area contributed by atoms with E-state index in [1.165, 1.54) is 11.6 Å². The van der Waals surface area contributed by atoms with Crippen molar-refractivity contribution in [2.24, 2.45) is 7.05 Å². The number of aromatic nitrogens is 4. The van der Waals surface area contributed by atoms with Crippen LogP contribution < -0.4 is 10.6 Å². The third-order valence-electron chi connectivity index (χ3n) is 4.40. The maximum absolute atomic E-state index is 12.7. The second-order valence-corrected chi connectivity index (χ2v) is 8.00. The Labute approximate surface area is 189 Å². The SMILES string of the molecule is Cn1nc(CNC(=O)c2ncsc2NC(=O)c2cc(Cl)c(O)c(Cl)n2)c2ccccc21. The van der Waals surface area contributed by atoms with E-state index in [0.29, 0.717) is 5.69 Å². The van der Waals surface area contributed by atoms with Crippen molar-refractivity contribution in [2.75, 3.05) is 5.32 Å². The van der Waals surface area contributed by atoms with Gasteiger partial charge in [0.15, 0.2) is 16.6 Å². The number of nitrogens with one attached hydrogen (secondary N) is 2. The highest BCUT2D eigenvalue weighted by Gasteiger charge is 2.20. The van der Waals surface area contributed by atoms with Gasteiger partial charge >= 0.3 is 0 Å². The molecule has 12 heteroatoms. The number of para-hydroxylation sites is 1. The number of hydrogen-bond donors (Lipinski definition) is 3. The maximum Gasteiger partial charge on any atom is 0.275 e. The van der Waals surface area contributed by atoms with E-state index in [1.54, 1.807) is 4.68 Å². The number of anilines is 1. The summed E-state index contributed by atoms with van der Waals surface area (Å²) in [5.74, 6) is -1.54. The van der Waals surface area contributed by atoms with Gasteiger partial charge in [-0.25, -0.2) is 9.97 Å². The van der Waals surface area contributed by atoms with Gasteiger partial charge in [-0.2, -0.15) is 5.10 Å². The van der Waals surface area contributed by atoms with E-state index in [4.69, 9.17) is 23.2 Å². The molecule has 3 heterocycles. The molecule has 0 radical (unpaired) electrons. The molecule has 158 valence electrons. The van der Waals surface area contributed by atoms with E-state index in [2.05, 4.69) is 25.7 Å². The molecule has 9 nitrogen and oxygen atoms in total. The lowest BCUT2D eigenvalue weighted by atomic mass is 10.2. The van der Waals surface area contributed by atoms with Crippen molar-refractivity contribution in [1.82, 2.24) is 25.1 Å². The molecule has 0 aliphatic heterocycles. The van der Waals surface area contributed by atoms with E-state index < -0.39 is 17.6 Å². The fourth-order valence-electron chi connectivity index (χ4n) is 2.92. The number of aryl methyl sites for hydroxylation is 1. The Kier molecular flexibility index (Phi) is 5.77. The molecule has 0 atom stereocenters. The molecule has 0 saturated heterocycles. The van der Waals surface area contributed by atoms with Crippen LogP contribution in [0.3, 0.4) is 0 Å². The third kappa shape index (κ3) is 4.18. The molecule has 3 N–H and O–H groups in total. The van der Waals surface area contributed by atoms with Gasteiger partial charge in [-0.15, -0.1) is 11.3 Å². The summed E-state index contributed by atoms with van der Waals surface area (Å²) in [6.45, 7) is 0.190. The van der Waals surface area contributed by atoms with Crippen molar-refractivity contribution >= 4 is 62.3 Å². The molecule has 0 aliphatic rings. The van der Waals surface area contributed by atoms with Crippen LogP contribution in [0.5, 0.6) is 5.75 Å². The van der Waals surface area contributed by atoms with Crippen molar-refractivity contribution in [3.63, 3.8) is 0 Å². The minimum atomic E-state index is -0.655. The number of halogens is 2. The van der Waals surface area contributed by atoms with Crippen molar-refractivity contribution in [2.45, 2.75) is 6.54 Å². The lowest BCUT2D eigenvalue weighted by Gasteiger charge is -2.07. The molecule has 31 heavy (non-hydrogen) atoms. The van der Waals surface area contributed by atoms with Gasteiger partial charge in [0.2, 0.25) is 0 Å². The Bertz CT molecular complexity index is 1300. The first kappa shape index (κ1) is 21.0. The van der Waals surface area contributed by atoms with Gasteiger partial charge in [0, 0.05) is 12.4 Å². The van der Waals surface area contributed by atoms with Crippen molar-refractivity contribution in [3.05, 3.63) is 63.1 Å². The lowest BCUT2D eigenvalue weighted by Crippen LogP contribution is -2.25. The molecule has 4 aromatic rings. The monoisotopic (exact) mass is 476 g/mol. The Morgan fingerprint density at radius 1 is 1.23 bits per heavy atom. The van der Waals surface area contributed by atoms with Gasteiger partial charge in [-0.05, 0) is 12.1 Å². The van der Waals surface area contributed by atoms with Gasteiger partial charge in [0.1, 0.15) is 10.7 Å². The molecule has 0 unspecified atom stereocenters. The van der Waals surface area contributed by atoms with Gasteiger partial charge in [-0.3, -0.25) is 14.3 Å². The quantitative estimate of drug-likeness (QED) is 0.378. The first-order chi connectivity index (χ1) is 14.8. The standard InChI is InChI=1S/C19H14Cl2N6O3S/c1-27-13-5-3-2-4-9(13)12(26-27)7-22-18(30)14-19(31-8-23-14)25-17(29)11-6-10(20)15(28)16(21)24-11/h2-6,8,28H,7H2,1H3,(H,22,30)(H,25,29). The number of pyridine rings is 1. The summed E-state index contributed by atoms with van der Waals surface area (Å²) in [5, 5.41) is 20.1. The van der Waals surface area contributed by atoms with E-state index in [-0.39, 0.29) is 33.1 Å². The molecule has 4 rings (SSSR count). The van der Waals surface area contributed by atoms with E-state index in [1.807, 2.05) is 31.3 Å². The molecular weight excluding hydrogens is 463 g/mol. The van der Waals surface area contributed by atoms with E-state index in [9.17, 15) is 14.7 Å². The Hall–Kier alpha value is -3.21. The third-order valence-corrected chi connectivity index (χ3v) is 5.69.